The lowest BCUT2D eigenvalue weighted by atomic mass is 10.0. The molecule has 0 fully saturated rings. The van der Waals surface area contributed by atoms with Gasteiger partial charge in [-0.25, -0.2) is 4.79 Å². The summed E-state index contributed by atoms with van der Waals surface area (Å²) in [6.07, 6.45) is 3.24. The van der Waals surface area contributed by atoms with Gasteiger partial charge in [0.2, 0.25) is 5.60 Å². The third-order valence-corrected chi connectivity index (χ3v) is 5.86. The van der Waals surface area contributed by atoms with Crippen LogP contribution in [0.1, 0.15) is 40.9 Å². The minimum absolute atomic E-state index is 0.0924. The molecule has 0 unspecified atom stereocenters. The van der Waals surface area contributed by atoms with E-state index in [-0.39, 0.29) is 28.8 Å². The lowest BCUT2D eigenvalue weighted by molar-refractivity contribution is -0.149. The number of hydrogen-bond acceptors (Lipinski definition) is 7. The van der Waals surface area contributed by atoms with Crippen LogP contribution in [-0.4, -0.2) is 32.7 Å². The van der Waals surface area contributed by atoms with Crippen molar-refractivity contribution in [2.24, 2.45) is 0 Å². The van der Waals surface area contributed by atoms with Gasteiger partial charge in [-0.15, -0.1) is 0 Å². The van der Waals surface area contributed by atoms with Crippen LogP contribution in [0.4, 0.5) is 0 Å². The molecule has 0 saturated heterocycles. The Balaban J connectivity index is 1.43. The van der Waals surface area contributed by atoms with Crippen LogP contribution in [0.25, 0.3) is 12.2 Å². The van der Waals surface area contributed by atoms with Crippen LogP contribution >= 0.6 is 11.6 Å². The summed E-state index contributed by atoms with van der Waals surface area (Å²) in [5.41, 5.74) is 0.594. The van der Waals surface area contributed by atoms with Gasteiger partial charge in [-0.3, -0.25) is 4.79 Å². The Morgan fingerprint density at radius 3 is 1.74 bits per heavy atom. The molecule has 4 aromatic carbocycles. The van der Waals surface area contributed by atoms with E-state index in [0.29, 0.717) is 33.0 Å². The van der Waals surface area contributed by atoms with Gasteiger partial charge in [-0.2, -0.15) is 0 Å². The molecule has 0 amide bonds. The van der Waals surface area contributed by atoms with Crippen molar-refractivity contribution in [3.8, 4) is 28.7 Å². The number of phenols is 3. The van der Waals surface area contributed by atoms with Gasteiger partial charge >= 0.3 is 5.97 Å². The normalized spacial score (nSPS) is 11.4. The Morgan fingerprint density at radius 1 is 0.692 bits per heavy atom. The van der Waals surface area contributed by atoms with Crippen LogP contribution in [0.15, 0.2) is 84.9 Å². The Bertz CT molecular complexity index is 1520. The van der Waals surface area contributed by atoms with Gasteiger partial charge in [0.25, 0.3) is 0 Å². The maximum absolute atomic E-state index is 12.9. The highest BCUT2D eigenvalue weighted by atomic mass is 35.5. The topological polar surface area (TPSA) is 113 Å². The van der Waals surface area contributed by atoms with Crippen LogP contribution < -0.4 is 9.47 Å². The fourth-order valence-electron chi connectivity index (χ4n) is 3.68. The van der Waals surface area contributed by atoms with Crippen molar-refractivity contribution in [3.63, 3.8) is 0 Å². The van der Waals surface area contributed by atoms with E-state index in [1.807, 2.05) is 0 Å². The second-order valence-electron chi connectivity index (χ2n) is 9.24. The number of rotatable bonds is 8. The zero-order chi connectivity index (χ0) is 28.2. The third kappa shape index (κ3) is 7.18. The predicted octanol–water partition coefficient (Wildman–Crippen LogP) is 6.62. The van der Waals surface area contributed by atoms with E-state index >= 15 is 0 Å². The largest absolute Gasteiger partial charge is 0.508 e. The number of ketones is 1. The number of aromatic hydroxyl groups is 3. The summed E-state index contributed by atoms with van der Waals surface area (Å²) in [4.78, 5) is 25.6. The van der Waals surface area contributed by atoms with Crippen molar-refractivity contribution < 1.29 is 34.4 Å². The molecule has 0 aliphatic heterocycles. The van der Waals surface area contributed by atoms with Gasteiger partial charge in [0.1, 0.15) is 28.7 Å². The van der Waals surface area contributed by atoms with E-state index in [9.17, 15) is 24.9 Å². The molecule has 4 aromatic rings. The standard InChI is InChI=1S/C31H25ClO7/c1-31(2,39-27-11-7-22(8-12-27)29(36)21-5-9-23(32)10-6-21)30(37)38-28-16-20(15-26(35)18-28)4-3-19-13-24(33)17-25(34)14-19/h3-18,33-35H,1-2H3/b4-3+. The van der Waals surface area contributed by atoms with Gasteiger partial charge in [0, 0.05) is 28.3 Å². The highest BCUT2D eigenvalue weighted by Gasteiger charge is 2.32. The number of benzene rings is 4. The van der Waals surface area contributed by atoms with E-state index < -0.39 is 11.6 Å². The molecule has 0 bridgehead atoms. The molecule has 0 saturated carbocycles. The average molecular weight is 545 g/mol. The minimum Gasteiger partial charge on any atom is -0.508 e. The van der Waals surface area contributed by atoms with Crippen LogP contribution in [0.3, 0.4) is 0 Å². The highest BCUT2D eigenvalue weighted by Crippen LogP contribution is 2.28. The number of carbonyl (C=O) groups is 2. The summed E-state index contributed by atoms with van der Waals surface area (Å²) in [6, 6.07) is 21.4. The number of halogens is 1. The molecule has 39 heavy (non-hydrogen) atoms. The minimum atomic E-state index is -1.40. The number of hydrogen-bond donors (Lipinski definition) is 3. The SMILES string of the molecule is CC(C)(Oc1ccc(C(=O)c2ccc(Cl)cc2)cc1)C(=O)Oc1cc(O)cc(/C=C/c2cc(O)cc(O)c2)c1. The fraction of sp³-hybridized carbons (Fsp3) is 0.0968. The average Bonchev–Trinajstić information content (AvgIpc) is 2.87. The highest BCUT2D eigenvalue weighted by molar-refractivity contribution is 6.30. The molecule has 198 valence electrons. The first-order valence-electron chi connectivity index (χ1n) is 11.9. The van der Waals surface area contributed by atoms with Gasteiger partial charge in [-0.05, 0) is 97.8 Å². The Hall–Kier alpha value is -4.75. The van der Waals surface area contributed by atoms with Crippen molar-refractivity contribution >= 4 is 35.5 Å². The molecule has 3 N–H and O–H groups in total. The maximum atomic E-state index is 12.9. The molecular weight excluding hydrogens is 520 g/mol. The Kier molecular flexibility index (Phi) is 7.93. The van der Waals surface area contributed by atoms with E-state index in [4.69, 9.17) is 21.1 Å². The van der Waals surface area contributed by atoms with Crippen LogP contribution in [0.2, 0.25) is 5.02 Å². The predicted molar refractivity (Wildman–Crippen MR) is 148 cm³/mol. The maximum Gasteiger partial charge on any atom is 0.355 e. The molecule has 0 spiro atoms. The van der Waals surface area contributed by atoms with Gasteiger partial charge < -0.3 is 24.8 Å². The zero-order valence-electron chi connectivity index (χ0n) is 21.1. The molecule has 0 aliphatic carbocycles. The van der Waals surface area contributed by atoms with Crippen molar-refractivity contribution in [1.29, 1.82) is 0 Å². The monoisotopic (exact) mass is 544 g/mol. The molecular formula is C31H25ClO7. The number of phenolic OH excluding ortho intramolecular Hbond substituents is 3. The van der Waals surface area contributed by atoms with E-state index in [1.165, 1.54) is 30.3 Å². The summed E-state index contributed by atoms with van der Waals surface area (Å²) in [5, 5.41) is 29.9. The first-order valence-corrected chi connectivity index (χ1v) is 12.2. The fourth-order valence-corrected chi connectivity index (χ4v) is 3.80. The first kappa shape index (κ1) is 27.3. The second-order valence-corrected chi connectivity index (χ2v) is 9.68. The summed E-state index contributed by atoms with van der Waals surface area (Å²) < 4.78 is 11.3. The van der Waals surface area contributed by atoms with Crippen molar-refractivity contribution in [2.45, 2.75) is 19.4 Å². The molecule has 0 atom stereocenters. The van der Waals surface area contributed by atoms with Gasteiger partial charge in [0.15, 0.2) is 5.78 Å². The van der Waals surface area contributed by atoms with Crippen molar-refractivity contribution in [2.75, 3.05) is 0 Å². The van der Waals surface area contributed by atoms with Crippen LogP contribution in [0.5, 0.6) is 28.7 Å². The lowest BCUT2D eigenvalue weighted by Crippen LogP contribution is -2.41. The molecule has 0 aromatic heterocycles. The summed E-state index contributed by atoms with van der Waals surface area (Å²) in [6.45, 7) is 3.08. The smallest absolute Gasteiger partial charge is 0.355 e. The van der Waals surface area contributed by atoms with Crippen molar-refractivity contribution in [1.82, 2.24) is 0 Å². The first-order chi connectivity index (χ1) is 18.5. The molecule has 7 nitrogen and oxygen atoms in total. The lowest BCUT2D eigenvalue weighted by Gasteiger charge is -2.24. The third-order valence-electron chi connectivity index (χ3n) is 5.60. The molecule has 0 aliphatic rings. The van der Waals surface area contributed by atoms with Crippen LogP contribution in [0, 0.1) is 0 Å². The van der Waals surface area contributed by atoms with E-state index in [1.54, 1.807) is 80.6 Å². The summed E-state index contributed by atoms with van der Waals surface area (Å²) >= 11 is 5.89. The summed E-state index contributed by atoms with van der Waals surface area (Å²) in [5.74, 6) is -0.736. The van der Waals surface area contributed by atoms with Crippen LogP contribution in [-0.2, 0) is 4.79 Å². The van der Waals surface area contributed by atoms with E-state index in [0.717, 1.165) is 0 Å². The van der Waals surface area contributed by atoms with E-state index in [2.05, 4.69) is 0 Å². The molecule has 8 heteroatoms. The zero-order valence-corrected chi connectivity index (χ0v) is 21.8. The number of ether oxygens (including phenoxy) is 2. The summed E-state index contributed by atoms with van der Waals surface area (Å²) in [7, 11) is 0. The number of carbonyl (C=O) groups excluding carboxylic acids is 2. The number of esters is 1. The quantitative estimate of drug-likeness (QED) is 0.0988. The molecule has 0 radical (unpaired) electrons. The second kappa shape index (κ2) is 11.3. The van der Waals surface area contributed by atoms with Gasteiger partial charge in [0.05, 0.1) is 0 Å². The van der Waals surface area contributed by atoms with Gasteiger partial charge in [-0.1, -0.05) is 23.8 Å². The Labute approximate surface area is 230 Å². The Morgan fingerprint density at radius 2 is 1.18 bits per heavy atom. The molecule has 4 rings (SSSR count). The molecule has 0 heterocycles. The van der Waals surface area contributed by atoms with Crippen molar-refractivity contribution in [3.05, 3.63) is 112 Å².